The van der Waals surface area contributed by atoms with Gasteiger partial charge in [-0.15, -0.1) is 0 Å². The fourth-order valence-corrected chi connectivity index (χ4v) is 3.80. The number of fused-ring (bicyclic) bond motifs is 2. The molecule has 4 aromatic rings. The molecule has 0 fully saturated rings. The zero-order valence-corrected chi connectivity index (χ0v) is 16.3. The smallest absolute Gasteiger partial charge is 0.293 e. The maximum absolute atomic E-state index is 12.6. The predicted molar refractivity (Wildman–Crippen MR) is 111 cm³/mol. The summed E-state index contributed by atoms with van der Waals surface area (Å²) in [5.74, 6) is 0.196. The van der Waals surface area contributed by atoms with Crippen LogP contribution in [0.5, 0.6) is 5.75 Å². The van der Waals surface area contributed by atoms with Crippen molar-refractivity contribution in [3.8, 4) is 5.75 Å². The molecule has 28 heavy (non-hydrogen) atoms. The molecule has 2 aromatic heterocycles. The second kappa shape index (κ2) is 7.44. The highest BCUT2D eigenvalue weighted by Crippen LogP contribution is 2.29. The summed E-state index contributed by atoms with van der Waals surface area (Å²) in [4.78, 5) is 29.4. The van der Waals surface area contributed by atoms with E-state index in [9.17, 15) is 9.59 Å². The third kappa shape index (κ3) is 3.48. The molecule has 2 aromatic carbocycles. The Morgan fingerprint density at radius 1 is 1.18 bits per heavy atom. The van der Waals surface area contributed by atoms with E-state index in [0.29, 0.717) is 22.7 Å². The molecule has 7 heteroatoms. The Labute approximate surface area is 164 Å². The molecule has 1 N–H and O–H groups in total. The second-order valence-electron chi connectivity index (χ2n) is 6.19. The zero-order chi connectivity index (χ0) is 19.7. The maximum Gasteiger partial charge on any atom is 0.293 e. The highest BCUT2D eigenvalue weighted by atomic mass is 32.1. The highest BCUT2D eigenvalue weighted by molar-refractivity contribution is 7.22. The molecule has 4 rings (SSSR count). The monoisotopic (exact) mass is 394 g/mol. The molecule has 0 spiro atoms. The molecule has 1 amide bonds. The minimum atomic E-state index is -0.511. The van der Waals surface area contributed by atoms with Crippen LogP contribution < -0.4 is 15.5 Å². The molecular formula is C21H18N2O4S. The molecule has 0 radical (unpaired) electrons. The first-order valence-electron chi connectivity index (χ1n) is 8.99. The van der Waals surface area contributed by atoms with Crippen molar-refractivity contribution in [2.24, 2.45) is 0 Å². The maximum atomic E-state index is 12.6. The standard InChI is InChI=1S/C21H18N2O4S/c1-3-12-5-8-17-14(9-12)16(24)11-18(27-17)20(25)23-21-22-15-7-6-13(26-4-2)10-19(15)28-21/h5-11H,3-4H2,1-2H3,(H,22,23,25). The number of hydrogen-bond acceptors (Lipinski definition) is 6. The van der Waals surface area contributed by atoms with Crippen LogP contribution in [0.25, 0.3) is 21.2 Å². The van der Waals surface area contributed by atoms with Gasteiger partial charge in [0.25, 0.3) is 5.91 Å². The van der Waals surface area contributed by atoms with Crippen molar-refractivity contribution in [2.45, 2.75) is 20.3 Å². The van der Waals surface area contributed by atoms with Gasteiger partial charge in [0.2, 0.25) is 0 Å². The van der Waals surface area contributed by atoms with Crippen molar-refractivity contribution < 1.29 is 13.9 Å². The molecule has 0 aliphatic carbocycles. The summed E-state index contributed by atoms with van der Waals surface area (Å²) >= 11 is 1.33. The topological polar surface area (TPSA) is 81.4 Å². The Bertz CT molecular complexity index is 1240. The van der Waals surface area contributed by atoms with Gasteiger partial charge in [-0.05, 0) is 49.2 Å². The van der Waals surface area contributed by atoms with Gasteiger partial charge in [0.15, 0.2) is 16.3 Å². The fraction of sp³-hybridized carbons (Fsp3) is 0.190. The first kappa shape index (κ1) is 18.2. The van der Waals surface area contributed by atoms with E-state index in [4.69, 9.17) is 9.15 Å². The van der Waals surface area contributed by atoms with Crippen LogP contribution >= 0.6 is 11.3 Å². The minimum Gasteiger partial charge on any atom is -0.494 e. The van der Waals surface area contributed by atoms with E-state index in [1.54, 1.807) is 12.1 Å². The lowest BCUT2D eigenvalue weighted by Crippen LogP contribution is -2.14. The number of amides is 1. The Balaban J connectivity index is 1.62. The molecule has 142 valence electrons. The van der Waals surface area contributed by atoms with Gasteiger partial charge in [-0.25, -0.2) is 4.98 Å². The lowest BCUT2D eigenvalue weighted by atomic mass is 10.1. The molecule has 6 nitrogen and oxygen atoms in total. The molecule has 2 heterocycles. The summed E-state index contributed by atoms with van der Waals surface area (Å²) < 4.78 is 12.0. The minimum absolute atomic E-state index is 0.0454. The van der Waals surface area contributed by atoms with E-state index in [-0.39, 0.29) is 11.2 Å². The van der Waals surface area contributed by atoms with Crippen molar-refractivity contribution in [1.29, 1.82) is 0 Å². The largest absolute Gasteiger partial charge is 0.494 e. The lowest BCUT2D eigenvalue weighted by Gasteiger charge is -2.04. The predicted octanol–water partition coefficient (Wildman–Crippen LogP) is 4.62. The van der Waals surface area contributed by atoms with Crippen LogP contribution in [0.4, 0.5) is 5.13 Å². The number of anilines is 1. The van der Waals surface area contributed by atoms with Gasteiger partial charge in [-0.2, -0.15) is 0 Å². The van der Waals surface area contributed by atoms with Crippen LogP contribution in [-0.4, -0.2) is 17.5 Å². The lowest BCUT2D eigenvalue weighted by molar-refractivity contribution is 0.0997. The van der Waals surface area contributed by atoms with Crippen LogP contribution in [0.3, 0.4) is 0 Å². The summed E-state index contributed by atoms with van der Waals surface area (Å²) in [6.07, 6.45) is 0.820. The first-order valence-corrected chi connectivity index (χ1v) is 9.80. The van der Waals surface area contributed by atoms with Crippen LogP contribution in [0.15, 0.2) is 51.7 Å². The third-order valence-electron chi connectivity index (χ3n) is 4.31. The summed E-state index contributed by atoms with van der Waals surface area (Å²) in [5, 5.41) is 3.61. The Morgan fingerprint density at radius 3 is 2.82 bits per heavy atom. The summed E-state index contributed by atoms with van der Waals surface area (Å²) in [6, 6.07) is 12.2. The van der Waals surface area contributed by atoms with Crippen molar-refractivity contribution in [3.05, 3.63) is 64.0 Å². The third-order valence-corrected chi connectivity index (χ3v) is 5.25. The number of ether oxygens (including phenoxy) is 1. The Kier molecular flexibility index (Phi) is 4.83. The van der Waals surface area contributed by atoms with Crippen LogP contribution in [-0.2, 0) is 6.42 Å². The fourth-order valence-electron chi connectivity index (χ4n) is 2.91. The van der Waals surface area contributed by atoms with E-state index in [1.807, 2.05) is 38.1 Å². The molecule has 0 atom stereocenters. The van der Waals surface area contributed by atoms with E-state index in [2.05, 4.69) is 10.3 Å². The van der Waals surface area contributed by atoms with Gasteiger partial charge in [0.05, 0.1) is 22.2 Å². The zero-order valence-electron chi connectivity index (χ0n) is 15.4. The second-order valence-corrected chi connectivity index (χ2v) is 7.23. The number of rotatable bonds is 5. The number of nitrogens with zero attached hydrogens (tertiary/aromatic N) is 1. The number of hydrogen-bond donors (Lipinski definition) is 1. The van der Waals surface area contributed by atoms with Gasteiger partial charge in [-0.1, -0.05) is 24.3 Å². The van der Waals surface area contributed by atoms with Gasteiger partial charge in [-0.3, -0.25) is 14.9 Å². The average Bonchev–Trinajstić information content (AvgIpc) is 3.09. The Hall–Kier alpha value is -3.19. The van der Waals surface area contributed by atoms with Crippen LogP contribution in [0, 0.1) is 0 Å². The summed E-state index contributed by atoms with van der Waals surface area (Å²) in [5.41, 5.74) is 1.95. The van der Waals surface area contributed by atoms with Crippen molar-refractivity contribution in [2.75, 3.05) is 11.9 Å². The number of aromatic nitrogens is 1. The molecule has 0 saturated heterocycles. The van der Waals surface area contributed by atoms with E-state index < -0.39 is 5.91 Å². The van der Waals surface area contributed by atoms with E-state index in [1.165, 1.54) is 17.4 Å². The molecule has 0 bridgehead atoms. The number of benzene rings is 2. The van der Waals surface area contributed by atoms with Crippen molar-refractivity contribution in [3.63, 3.8) is 0 Å². The normalized spacial score (nSPS) is 11.1. The van der Waals surface area contributed by atoms with E-state index in [0.717, 1.165) is 28.0 Å². The van der Waals surface area contributed by atoms with Crippen LogP contribution in [0.2, 0.25) is 0 Å². The quantitative estimate of drug-likeness (QED) is 0.534. The van der Waals surface area contributed by atoms with E-state index >= 15 is 0 Å². The molecule has 0 saturated carbocycles. The SMILES string of the molecule is CCOc1ccc2nc(NC(=O)c3cc(=O)c4cc(CC)ccc4o3)sc2c1. The molecule has 0 aliphatic rings. The summed E-state index contributed by atoms with van der Waals surface area (Å²) in [6.45, 7) is 4.51. The van der Waals surface area contributed by atoms with Crippen molar-refractivity contribution in [1.82, 2.24) is 4.98 Å². The number of carbonyl (C=O) groups excluding carboxylic acids is 1. The van der Waals surface area contributed by atoms with Crippen LogP contribution in [0.1, 0.15) is 30.0 Å². The number of nitrogens with one attached hydrogen (secondary N) is 1. The van der Waals surface area contributed by atoms with Gasteiger partial charge >= 0.3 is 0 Å². The first-order chi connectivity index (χ1) is 13.6. The molecule has 0 unspecified atom stereocenters. The molecular weight excluding hydrogens is 376 g/mol. The van der Waals surface area contributed by atoms with Gasteiger partial charge in [0, 0.05) is 6.07 Å². The average molecular weight is 394 g/mol. The molecule has 0 aliphatic heterocycles. The number of aryl methyl sites for hydroxylation is 1. The number of thiazole rings is 1. The summed E-state index contributed by atoms with van der Waals surface area (Å²) in [7, 11) is 0. The van der Waals surface area contributed by atoms with Gasteiger partial charge < -0.3 is 9.15 Å². The van der Waals surface area contributed by atoms with Crippen molar-refractivity contribution >= 4 is 43.6 Å². The van der Waals surface area contributed by atoms with Gasteiger partial charge in [0.1, 0.15) is 11.3 Å². The highest BCUT2D eigenvalue weighted by Gasteiger charge is 2.15. The Morgan fingerprint density at radius 2 is 2.04 bits per heavy atom. The number of carbonyl (C=O) groups is 1.